The van der Waals surface area contributed by atoms with E-state index in [0.29, 0.717) is 28.4 Å². The Balaban J connectivity index is 2.78. The minimum Gasteiger partial charge on any atom is -0.393 e. The largest absolute Gasteiger partial charge is 0.393 e. The summed E-state index contributed by atoms with van der Waals surface area (Å²) in [5.41, 5.74) is 0.437. The van der Waals surface area contributed by atoms with E-state index < -0.39 is 6.10 Å². The molecule has 1 atom stereocenters. The first-order valence-corrected chi connectivity index (χ1v) is 6.16. The van der Waals surface area contributed by atoms with Crippen LogP contribution in [0.15, 0.2) is 23.1 Å². The Kier molecular flexibility index (Phi) is 5.31. The molecule has 1 N–H and O–H groups in total. The molecule has 1 rings (SSSR count). The number of thiol groups is 1. The Morgan fingerprint density at radius 3 is 2.82 bits per heavy atom. The number of carbonyl (C=O) groups excluding carboxylic acids is 1. The standard InChI is InChI=1S/C12H16ClNO2S/c1-8(15)5-6-14(2)12(16)10-7-9(17)3-4-11(10)13/h3-4,7-8,15,17H,5-6H2,1-2H3. The second-order valence-corrected chi connectivity index (χ2v) is 4.95. The SMILES string of the molecule is CC(O)CCN(C)C(=O)c1cc(S)ccc1Cl. The van der Waals surface area contributed by atoms with E-state index in [0.717, 1.165) is 0 Å². The fourth-order valence-electron chi connectivity index (χ4n) is 1.36. The van der Waals surface area contributed by atoms with Gasteiger partial charge in [0, 0.05) is 18.5 Å². The number of amides is 1. The Morgan fingerprint density at radius 1 is 1.59 bits per heavy atom. The molecule has 0 aromatic heterocycles. The predicted octanol–water partition coefficient (Wildman–Crippen LogP) is 2.47. The van der Waals surface area contributed by atoms with Gasteiger partial charge < -0.3 is 10.0 Å². The van der Waals surface area contributed by atoms with Gasteiger partial charge in [0.15, 0.2) is 0 Å². The van der Waals surface area contributed by atoms with Crippen molar-refractivity contribution in [3.8, 4) is 0 Å². The predicted molar refractivity (Wildman–Crippen MR) is 72.0 cm³/mol. The zero-order chi connectivity index (χ0) is 13.0. The lowest BCUT2D eigenvalue weighted by Crippen LogP contribution is -2.29. The van der Waals surface area contributed by atoms with Gasteiger partial charge in [0.1, 0.15) is 0 Å². The van der Waals surface area contributed by atoms with Crippen molar-refractivity contribution in [2.75, 3.05) is 13.6 Å². The molecule has 3 nitrogen and oxygen atoms in total. The summed E-state index contributed by atoms with van der Waals surface area (Å²) in [5.74, 6) is -0.161. The van der Waals surface area contributed by atoms with Crippen molar-refractivity contribution in [3.63, 3.8) is 0 Å². The van der Waals surface area contributed by atoms with E-state index >= 15 is 0 Å². The highest BCUT2D eigenvalue weighted by atomic mass is 35.5. The maximum Gasteiger partial charge on any atom is 0.255 e. The number of aliphatic hydroxyl groups is 1. The number of nitrogens with zero attached hydrogens (tertiary/aromatic N) is 1. The minimum absolute atomic E-state index is 0.161. The van der Waals surface area contributed by atoms with Crippen LogP contribution in [-0.4, -0.2) is 35.6 Å². The molecular formula is C12H16ClNO2S. The minimum atomic E-state index is -0.420. The van der Waals surface area contributed by atoms with Crippen LogP contribution in [0.25, 0.3) is 0 Å². The number of rotatable bonds is 4. The van der Waals surface area contributed by atoms with E-state index in [2.05, 4.69) is 12.6 Å². The van der Waals surface area contributed by atoms with Crippen molar-refractivity contribution in [2.45, 2.75) is 24.3 Å². The molecule has 1 amide bonds. The summed E-state index contributed by atoms with van der Waals surface area (Å²) in [4.78, 5) is 14.3. The van der Waals surface area contributed by atoms with E-state index in [1.807, 2.05) is 0 Å². The number of hydrogen-bond acceptors (Lipinski definition) is 3. The highest BCUT2D eigenvalue weighted by Gasteiger charge is 2.15. The molecule has 0 saturated carbocycles. The van der Waals surface area contributed by atoms with Crippen LogP contribution in [0, 0.1) is 0 Å². The average molecular weight is 274 g/mol. The van der Waals surface area contributed by atoms with Crippen molar-refractivity contribution < 1.29 is 9.90 Å². The molecule has 0 aliphatic heterocycles. The fourth-order valence-corrected chi connectivity index (χ4v) is 1.77. The summed E-state index contributed by atoms with van der Waals surface area (Å²) in [5, 5.41) is 9.59. The average Bonchev–Trinajstić information content (AvgIpc) is 2.28. The third-order valence-electron chi connectivity index (χ3n) is 2.41. The van der Waals surface area contributed by atoms with E-state index in [4.69, 9.17) is 11.6 Å². The molecule has 0 aliphatic rings. The van der Waals surface area contributed by atoms with Crippen LogP contribution in [0.3, 0.4) is 0 Å². The first-order valence-electron chi connectivity index (χ1n) is 5.34. The molecule has 0 bridgehead atoms. The van der Waals surface area contributed by atoms with Gasteiger partial charge in [-0.15, -0.1) is 12.6 Å². The summed E-state index contributed by atoms with van der Waals surface area (Å²) in [6.07, 6.45) is 0.123. The lowest BCUT2D eigenvalue weighted by molar-refractivity contribution is 0.0769. The summed E-state index contributed by atoms with van der Waals surface area (Å²) in [6, 6.07) is 5.03. The monoisotopic (exact) mass is 273 g/mol. The Hall–Kier alpha value is -0.710. The lowest BCUT2D eigenvalue weighted by atomic mass is 10.2. The maximum atomic E-state index is 12.1. The van der Waals surface area contributed by atoms with Gasteiger partial charge in [0.25, 0.3) is 5.91 Å². The number of benzene rings is 1. The summed E-state index contributed by atoms with van der Waals surface area (Å²) in [7, 11) is 1.69. The Bertz CT molecular complexity index is 409. The molecule has 0 heterocycles. The van der Waals surface area contributed by atoms with Crippen molar-refractivity contribution in [1.82, 2.24) is 4.90 Å². The van der Waals surface area contributed by atoms with Crippen LogP contribution in [0.2, 0.25) is 5.02 Å². The Labute approximate surface area is 112 Å². The van der Waals surface area contributed by atoms with Crippen molar-refractivity contribution in [3.05, 3.63) is 28.8 Å². The zero-order valence-electron chi connectivity index (χ0n) is 9.85. The van der Waals surface area contributed by atoms with Gasteiger partial charge in [-0.25, -0.2) is 0 Å². The van der Waals surface area contributed by atoms with Gasteiger partial charge in [-0.3, -0.25) is 4.79 Å². The number of halogens is 1. The topological polar surface area (TPSA) is 40.5 Å². The third kappa shape index (κ3) is 4.22. The highest BCUT2D eigenvalue weighted by Crippen LogP contribution is 2.21. The van der Waals surface area contributed by atoms with E-state index in [1.165, 1.54) is 0 Å². The molecule has 5 heteroatoms. The van der Waals surface area contributed by atoms with Crippen LogP contribution < -0.4 is 0 Å². The van der Waals surface area contributed by atoms with Crippen molar-refractivity contribution in [2.24, 2.45) is 0 Å². The van der Waals surface area contributed by atoms with E-state index in [9.17, 15) is 9.90 Å². The third-order valence-corrected chi connectivity index (χ3v) is 3.02. The molecule has 1 aromatic carbocycles. The smallest absolute Gasteiger partial charge is 0.255 e. The molecule has 17 heavy (non-hydrogen) atoms. The molecule has 0 radical (unpaired) electrons. The summed E-state index contributed by atoms with van der Waals surface area (Å²) < 4.78 is 0. The first-order chi connectivity index (χ1) is 7.91. The van der Waals surface area contributed by atoms with Crippen LogP contribution in [0.5, 0.6) is 0 Å². The van der Waals surface area contributed by atoms with Crippen LogP contribution in [0.1, 0.15) is 23.7 Å². The van der Waals surface area contributed by atoms with Gasteiger partial charge in [0.2, 0.25) is 0 Å². The van der Waals surface area contributed by atoms with Crippen LogP contribution in [-0.2, 0) is 0 Å². The van der Waals surface area contributed by atoms with Gasteiger partial charge in [-0.05, 0) is 31.5 Å². The van der Waals surface area contributed by atoms with E-state index in [-0.39, 0.29) is 5.91 Å². The number of aliphatic hydroxyl groups excluding tert-OH is 1. The molecule has 0 fully saturated rings. The van der Waals surface area contributed by atoms with Gasteiger partial charge in [-0.2, -0.15) is 0 Å². The van der Waals surface area contributed by atoms with Crippen molar-refractivity contribution in [1.29, 1.82) is 0 Å². The van der Waals surface area contributed by atoms with Crippen LogP contribution in [0.4, 0.5) is 0 Å². The zero-order valence-corrected chi connectivity index (χ0v) is 11.5. The first kappa shape index (κ1) is 14.4. The fraction of sp³-hybridized carbons (Fsp3) is 0.417. The lowest BCUT2D eigenvalue weighted by Gasteiger charge is -2.18. The molecule has 1 unspecified atom stereocenters. The molecule has 1 aromatic rings. The molecule has 0 spiro atoms. The van der Waals surface area contributed by atoms with Gasteiger partial charge in [-0.1, -0.05) is 11.6 Å². The summed E-state index contributed by atoms with van der Waals surface area (Å²) >= 11 is 10.1. The molecule has 94 valence electrons. The maximum absolute atomic E-state index is 12.1. The highest BCUT2D eigenvalue weighted by molar-refractivity contribution is 7.80. The summed E-state index contributed by atoms with van der Waals surface area (Å²) in [6.45, 7) is 2.18. The second kappa shape index (κ2) is 6.28. The van der Waals surface area contributed by atoms with E-state index in [1.54, 1.807) is 37.1 Å². The number of hydrogen-bond donors (Lipinski definition) is 2. The quantitative estimate of drug-likeness (QED) is 0.828. The van der Waals surface area contributed by atoms with Gasteiger partial charge in [0.05, 0.1) is 16.7 Å². The Morgan fingerprint density at radius 2 is 2.24 bits per heavy atom. The molecule has 0 saturated heterocycles. The molecular weight excluding hydrogens is 258 g/mol. The van der Waals surface area contributed by atoms with Crippen molar-refractivity contribution >= 4 is 30.1 Å². The van der Waals surface area contributed by atoms with Crippen LogP contribution >= 0.6 is 24.2 Å². The normalized spacial score (nSPS) is 12.3. The molecule has 0 aliphatic carbocycles. The number of carbonyl (C=O) groups is 1. The van der Waals surface area contributed by atoms with Gasteiger partial charge >= 0.3 is 0 Å². The second-order valence-electron chi connectivity index (χ2n) is 4.03.